The van der Waals surface area contributed by atoms with Crippen LogP contribution in [-0.2, 0) is 9.53 Å². The topological polar surface area (TPSA) is 76.1 Å². The van der Waals surface area contributed by atoms with Crippen LogP contribution >= 0.6 is 23.1 Å². The SMILES string of the molecule is COCCNc1nnc(S[C@H](C)C(=O)Nc2c(C)cccc2C)s1. The van der Waals surface area contributed by atoms with Crippen molar-refractivity contribution in [2.45, 2.75) is 30.4 Å². The van der Waals surface area contributed by atoms with E-state index in [-0.39, 0.29) is 11.2 Å². The van der Waals surface area contributed by atoms with Gasteiger partial charge in [-0.2, -0.15) is 0 Å². The van der Waals surface area contributed by atoms with Crippen molar-refractivity contribution < 1.29 is 9.53 Å². The number of hydrogen-bond acceptors (Lipinski definition) is 7. The molecule has 0 aliphatic rings. The fourth-order valence-electron chi connectivity index (χ4n) is 2.03. The van der Waals surface area contributed by atoms with Crippen molar-refractivity contribution in [3.63, 3.8) is 0 Å². The van der Waals surface area contributed by atoms with Crippen LogP contribution in [0.15, 0.2) is 22.5 Å². The molecule has 1 atom stereocenters. The van der Waals surface area contributed by atoms with E-state index in [0.29, 0.717) is 13.2 Å². The van der Waals surface area contributed by atoms with Gasteiger partial charge in [-0.3, -0.25) is 4.79 Å². The maximum absolute atomic E-state index is 12.4. The van der Waals surface area contributed by atoms with E-state index in [4.69, 9.17) is 4.74 Å². The van der Waals surface area contributed by atoms with E-state index in [1.165, 1.54) is 23.1 Å². The summed E-state index contributed by atoms with van der Waals surface area (Å²) in [4.78, 5) is 12.4. The van der Waals surface area contributed by atoms with E-state index in [1.807, 2.05) is 39.0 Å². The number of rotatable bonds is 8. The molecule has 2 aromatic rings. The normalized spacial score (nSPS) is 12.0. The minimum absolute atomic E-state index is 0.0403. The van der Waals surface area contributed by atoms with Crippen molar-refractivity contribution in [1.82, 2.24) is 10.2 Å². The van der Waals surface area contributed by atoms with Gasteiger partial charge in [-0.25, -0.2) is 0 Å². The van der Waals surface area contributed by atoms with Crippen molar-refractivity contribution in [3.05, 3.63) is 29.3 Å². The van der Waals surface area contributed by atoms with Gasteiger partial charge >= 0.3 is 0 Å². The standard InChI is InChI=1S/C16H22N4O2S2/c1-10-6-5-7-11(2)13(10)18-14(21)12(3)23-16-20-19-15(24-16)17-8-9-22-4/h5-7,12H,8-9H2,1-4H3,(H,17,19)(H,18,21)/t12-/m1/s1. The number of hydrogen-bond donors (Lipinski definition) is 2. The average molecular weight is 367 g/mol. The molecular weight excluding hydrogens is 344 g/mol. The van der Waals surface area contributed by atoms with Gasteiger partial charge in [-0.1, -0.05) is 41.3 Å². The molecule has 1 amide bonds. The highest BCUT2D eigenvalue weighted by atomic mass is 32.2. The molecule has 0 unspecified atom stereocenters. The van der Waals surface area contributed by atoms with Gasteiger partial charge in [0.1, 0.15) is 0 Å². The first-order valence-electron chi connectivity index (χ1n) is 7.61. The zero-order chi connectivity index (χ0) is 17.5. The first-order chi connectivity index (χ1) is 11.5. The molecule has 1 aromatic carbocycles. The van der Waals surface area contributed by atoms with Crippen molar-refractivity contribution >= 4 is 39.8 Å². The third-order valence-corrected chi connectivity index (χ3v) is 5.43. The van der Waals surface area contributed by atoms with Crippen molar-refractivity contribution in [2.24, 2.45) is 0 Å². The molecule has 8 heteroatoms. The van der Waals surface area contributed by atoms with Crippen molar-refractivity contribution in [1.29, 1.82) is 0 Å². The molecule has 0 saturated heterocycles. The average Bonchev–Trinajstić information content (AvgIpc) is 2.98. The number of aryl methyl sites for hydroxylation is 2. The highest BCUT2D eigenvalue weighted by Crippen LogP contribution is 2.30. The predicted molar refractivity (Wildman–Crippen MR) is 100 cm³/mol. The van der Waals surface area contributed by atoms with Crippen LogP contribution in [0.1, 0.15) is 18.1 Å². The van der Waals surface area contributed by atoms with Gasteiger partial charge in [-0.15, -0.1) is 10.2 Å². The highest BCUT2D eigenvalue weighted by Gasteiger charge is 2.18. The van der Waals surface area contributed by atoms with Crippen molar-refractivity contribution in [2.75, 3.05) is 30.9 Å². The Morgan fingerprint density at radius 1 is 1.33 bits per heavy atom. The molecule has 0 spiro atoms. The lowest BCUT2D eigenvalue weighted by atomic mass is 10.1. The summed E-state index contributed by atoms with van der Waals surface area (Å²) in [7, 11) is 1.65. The van der Waals surface area contributed by atoms with E-state index >= 15 is 0 Å². The molecular formula is C16H22N4O2S2. The number of aromatic nitrogens is 2. The number of ether oxygens (including phenoxy) is 1. The van der Waals surface area contributed by atoms with Crippen LogP contribution in [0.25, 0.3) is 0 Å². The van der Waals surface area contributed by atoms with Gasteiger partial charge in [0.25, 0.3) is 0 Å². The van der Waals surface area contributed by atoms with Crippen LogP contribution in [0.2, 0.25) is 0 Å². The second kappa shape index (κ2) is 9.00. The van der Waals surface area contributed by atoms with Gasteiger partial charge in [-0.05, 0) is 31.9 Å². The number of carbonyl (C=O) groups excluding carboxylic acids is 1. The number of carbonyl (C=O) groups is 1. The quantitative estimate of drug-likeness (QED) is 0.551. The molecule has 0 saturated carbocycles. The molecule has 0 fully saturated rings. The summed E-state index contributed by atoms with van der Waals surface area (Å²) in [5.74, 6) is -0.0403. The lowest BCUT2D eigenvalue weighted by molar-refractivity contribution is -0.115. The summed E-state index contributed by atoms with van der Waals surface area (Å²) in [5, 5.41) is 14.8. The molecule has 0 aliphatic heterocycles. The first kappa shape index (κ1) is 18.7. The molecule has 130 valence electrons. The van der Waals surface area contributed by atoms with Gasteiger partial charge in [0.05, 0.1) is 11.9 Å². The first-order valence-corrected chi connectivity index (χ1v) is 9.31. The second-order valence-electron chi connectivity index (χ2n) is 5.31. The van der Waals surface area contributed by atoms with Crippen molar-refractivity contribution in [3.8, 4) is 0 Å². The Morgan fingerprint density at radius 2 is 2.04 bits per heavy atom. The summed E-state index contributed by atoms with van der Waals surface area (Å²) >= 11 is 2.84. The highest BCUT2D eigenvalue weighted by molar-refractivity contribution is 8.02. The van der Waals surface area contributed by atoms with Crippen LogP contribution < -0.4 is 10.6 Å². The number of para-hydroxylation sites is 1. The smallest absolute Gasteiger partial charge is 0.237 e. The Morgan fingerprint density at radius 3 is 2.71 bits per heavy atom. The van der Waals surface area contributed by atoms with Gasteiger partial charge in [0, 0.05) is 19.3 Å². The van der Waals surface area contributed by atoms with Crippen LogP contribution in [0, 0.1) is 13.8 Å². The number of anilines is 2. The maximum atomic E-state index is 12.4. The lowest BCUT2D eigenvalue weighted by Crippen LogP contribution is -2.23. The van der Waals surface area contributed by atoms with E-state index in [2.05, 4.69) is 20.8 Å². The van der Waals surface area contributed by atoms with Gasteiger partial charge in [0.2, 0.25) is 11.0 Å². The Hall–Kier alpha value is -1.64. The minimum atomic E-state index is -0.260. The molecule has 24 heavy (non-hydrogen) atoms. The Labute approximate surface area is 150 Å². The Balaban J connectivity index is 1.92. The number of benzene rings is 1. The molecule has 2 rings (SSSR count). The number of methoxy groups -OCH3 is 1. The molecule has 1 aromatic heterocycles. The fourth-order valence-corrected chi connectivity index (χ4v) is 3.95. The molecule has 6 nitrogen and oxygen atoms in total. The summed E-state index contributed by atoms with van der Waals surface area (Å²) < 4.78 is 5.74. The number of nitrogens with one attached hydrogen (secondary N) is 2. The minimum Gasteiger partial charge on any atom is -0.383 e. The monoisotopic (exact) mass is 366 g/mol. The Bertz CT molecular complexity index is 670. The van der Waals surface area contributed by atoms with Crippen LogP contribution in [0.4, 0.5) is 10.8 Å². The van der Waals surface area contributed by atoms with Crippen LogP contribution in [0.5, 0.6) is 0 Å². The number of amides is 1. The summed E-state index contributed by atoms with van der Waals surface area (Å²) in [6.45, 7) is 7.13. The third kappa shape index (κ3) is 5.19. The predicted octanol–water partition coefficient (Wildman–Crippen LogP) is 3.33. The largest absolute Gasteiger partial charge is 0.383 e. The molecule has 0 bridgehead atoms. The maximum Gasteiger partial charge on any atom is 0.237 e. The molecule has 0 radical (unpaired) electrons. The van der Waals surface area contributed by atoms with E-state index < -0.39 is 0 Å². The summed E-state index contributed by atoms with van der Waals surface area (Å²) in [6, 6.07) is 5.96. The zero-order valence-electron chi connectivity index (χ0n) is 14.3. The fraction of sp³-hybridized carbons (Fsp3) is 0.438. The van der Waals surface area contributed by atoms with Gasteiger partial charge < -0.3 is 15.4 Å². The summed E-state index contributed by atoms with van der Waals surface area (Å²) in [6.07, 6.45) is 0. The molecule has 1 heterocycles. The summed E-state index contributed by atoms with van der Waals surface area (Å²) in [5.41, 5.74) is 3.00. The Kier molecular flexibility index (Phi) is 7.01. The third-order valence-electron chi connectivity index (χ3n) is 3.37. The molecule has 2 N–H and O–H groups in total. The van der Waals surface area contributed by atoms with Crippen LogP contribution in [-0.4, -0.2) is 41.6 Å². The van der Waals surface area contributed by atoms with Gasteiger partial charge in [0.15, 0.2) is 4.34 Å². The molecule has 0 aliphatic carbocycles. The van der Waals surface area contributed by atoms with E-state index in [0.717, 1.165) is 26.3 Å². The lowest BCUT2D eigenvalue weighted by Gasteiger charge is -2.14. The number of thioether (sulfide) groups is 1. The van der Waals surface area contributed by atoms with Crippen LogP contribution in [0.3, 0.4) is 0 Å². The second-order valence-corrected chi connectivity index (χ2v) is 7.87. The zero-order valence-corrected chi connectivity index (χ0v) is 15.9. The number of nitrogens with zero attached hydrogens (tertiary/aromatic N) is 2. The van der Waals surface area contributed by atoms with E-state index in [1.54, 1.807) is 7.11 Å². The van der Waals surface area contributed by atoms with E-state index in [9.17, 15) is 4.79 Å².